The van der Waals surface area contributed by atoms with Gasteiger partial charge in [0.2, 0.25) is 0 Å². The molecule has 2 unspecified atom stereocenters. The molecule has 3 nitrogen and oxygen atoms in total. The van der Waals surface area contributed by atoms with E-state index in [2.05, 4.69) is 42.2 Å². The molecule has 92 valence electrons. The fourth-order valence-corrected chi connectivity index (χ4v) is 3.83. The molecule has 1 aliphatic heterocycles. The molecule has 0 spiro atoms. The Kier molecular flexibility index (Phi) is 4.08. The van der Waals surface area contributed by atoms with Crippen LogP contribution in [0.25, 0.3) is 0 Å². The van der Waals surface area contributed by atoms with Gasteiger partial charge in [0.05, 0.1) is 0 Å². The van der Waals surface area contributed by atoms with Crippen LogP contribution in [0.3, 0.4) is 0 Å². The van der Waals surface area contributed by atoms with Crippen molar-refractivity contribution in [2.75, 3.05) is 20.6 Å². The molecule has 4 heteroatoms. The van der Waals surface area contributed by atoms with Crippen LogP contribution in [0.15, 0.2) is 35.3 Å². The van der Waals surface area contributed by atoms with Gasteiger partial charge in [-0.25, -0.2) is 0 Å². The molecule has 0 fully saturated rings. The van der Waals surface area contributed by atoms with Crippen LogP contribution in [0, 0.1) is 0 Å². The van der Waals surface area contributed by atoms with Crippen molar-refractivity contribution >= 4 is 25.4 Å². The Morgan fingerprint density at radius 3 is 2.65 bits per heavy atom. The molecule has 2 atom stereocenters. The van der Waals surface area contributed by atoms with Crippen molar-refractivity contribution in [2.24, 2.45) is 4.99 Å². The second kappa shape index (κ2) is 5.56. The fraction of sp³-hybridized carbons (Fsp3) is 0.462. The number of hydrogen-bond donors (Lipinski definition) is 0. The van der Waals surface area contributed by atoms with Crippen molar-refractivity contribution in [3.63, 3.8) is 0 Å². The van der Waals surface area contributed by atoms with Gasteiger partial charge >= 0.3 is 109 Å². The third-order valence-corrected chi connectivity index (χ3v) is 5.19. The van der Waals surface area contributed by atoms with Gasteiger partial charge < -0.3 is 0 Å². The topological polar surface area (TPSA) is 24.8 Å². The third kappa shape index (κ3) is 3.24. The van der Waals surface area contributed by atoms with Gasteiger partial charge in [-0.3, -0.25) is 0 Å². The molecule has 2 rings (SSSR count). The predicted octanol–water partition coefficient (Wildman–Crippen LogP) is 1.14. The van der Waals surface area contributed by atoms with E-state index in [1.165, 1.54) is 4.46 Å². The van der Waals surface area contributed by atoms with E-state index in [4.69, 9.17) is 4.74 Å². The van der Waals surface area contributed by atoms with E-state index in [-0.39, 0.29) is 6.10 Å². The SMILES string of the molecule is CC([Se]c1ccccc1)C1CN=C(N(C)C)O1. The summed E-state index contributed by atoms with van der Waals surface area (Å²) in [5, 5.41) is 0. The number of aliphatic imine (C=N–C) groups is 1. The quantitative estimate of drug-likeness (QED) is 0.782. The summed E-state index contributed by atoms with van der Waals surface area (Å²) in [6.07, 6.45) is 0.243. The van der Waals surface area contributed by atoms with Crippen LogP contribution in [0.2, 0.25) is 4.82 Å². The summed E-state index contributed by atoms with van der Waals surface area (Å²) in [5.41, 5.74) is 0. The molecular formula is C13H18N2OSe. The van der Waals surface area contributed by atoms with E-state index in [0.717, 1.165) is 12.6 Å². The molecule has 0 radical (unpaired) electrons. The standard InChI is InChI=1S/C13H18N2OSe/c1-10(17-11-7-5-4-6-8-11)12-9-14-13(16-12)15(2)3/h4-8,10,12H,9H2,1-3H3. The van der Waals surface area contributed by atoms with Crippen molar-refractivity contribution in [3.05, 3.63) is 30.3 Å². The number of hydrogen-bond acceptors (Lipinski definition) is 3. The normalized spacial score (nSPS) is 20.6. The fourth-order valence-electron chi connectivity index (χ4n) is 1.66. The zero-order chi connectivity index (χ0) is 12.3. The first-order valence-corrected chi connectivity index (χ1v) is 7.61. The van der Waals surface area contributed by atoms with Crippen LogP contribution >= 0.6 is 0 Å². The van der Waals surface area contributed by atoms with Crippen molar-refractivity contribution in [3.8, 4) is 0 Å². The summed E-state index contributed by atoms with van der Waals surface area (Å²) in [4.78, 5) is 6.89. The minimum absolute atomic E-state index is 0.243. The van der Waals surface area contributed by atoms with Gasteiger partial charge in [0.25, 0.3) is 0 Å². The first-order chi connectivity index (χ1) is 8.16. The molecule has 0 N–H and O–H groups in total. The van der Waals surface area contributed by atoms with Crippen molar-refractivity contribution in [2.45, 2.75) is 17.8 Å². The van der Waals surface area contributed by atoms with Gasteiger partial charge in [-0.1, -0.05) is 0 Å². The molecular weight excluding hydrogens is 279 g/mol. The zero-order valence-corrected chi connectivity index (χ0v) is 12.2. The Morgan fingerprint density at radius 2 is 2.06 bits per heavy atom. The summed E-state index contributed by atoms with van der Waals surface area (Å²) < 4.78 is 7.27. The Bertz CT molecular complexity index is 392. The van der Waals surface area contributed by atoms with Crippen LogP contribution in [0.5, 0.6) is 0 Å². The molecule has 17 heavy (non-hydrogen) atoms. The first-order valence-electron chi connectivity index (χ1n) is 5.77. The number of benzene rings is 1. The average molecular weight is 297 g/mol. The number of nitrogens with zero attached hydrogens (tertiary/aromatic N) is 2. The monoisotopic (exact) mass is 298 g/mol. The number of rotatable bonds is 3. The maximum atomic E-state index is 5.85. The third-order valence-electron chi connectivity index (χ3n) is 2.63. The van der Waals surface area contributed by atoms with Gasteiger partial charge in [0.15, 0.2) is 0 Å². The second-order valence-electron chi connectivity index (χ2n) is 4.31. The van der Waals surface area contributed by atoms with Crippen LogP contribution in [0.4, 0.5) is 0 Å². The molecule has 0 aliphatic carbocycles. The molecule has 0 saturated heterocycles. The summed E-state index contributed by atoms with van der Waals surface area (Å²) in [6.45, 7) is 3.05. The first kappa shape index (κ1) is 12.5. The van der Waals surface area contributed by atoms with Crippen molar-refractivity contribution < 1.29 is 4.74 Å². The van der Waals surface area contributed by atoms with E-state index >= 15 is 0 Å². The van der Waals surface area contributed by atoms with E-state index in [9.17, 15) is 0 Å². The van der Waals surface area contributed by atoms with Gasteiger partial charge in [-0.2, -0.15) is 0 Å². The Hall–Kier alpha value is -0.991. The van der Waals surface area contributed by atoms with E-state index in [1.807, 2.05) is 19.0 Å². The molecule has 1 aliphatic rings. The number of ether oxygens (including phenoxy) is 1. The van der Waals surface area contributed by atoms with Crippen LogP contribution < -0.4 is 4.46 Å². The molecule has 0 aromatic heterocycles. The molecule has 1 aromatic carbocycles. The van der Waals surface area contributed by atoms with Crippen molar-refractivity contribution in [1.29, 1.82) is 0 Å². The molecule has 1 heterocycles. The Morgan fingerprint density at radius 1 is 1.35 bits per heavy atom. The summed E-state index contributed by atoms with van der Waals surface area (Å²) >= 11 is 0.448. The van der Waals surface area contributed by atoms with E-state index in [0.29, 0.717) is 19.8 Å². The van der Waals surface area contributed by atoms with Crippen LogP contribution in [0.1, 0.15) is 6.92 Å². The van der Waals surface area contributed by atoms with Gasteiger partial charge in [0, 0.05) is 0 Å². The van der Waals surface area contributed by atoms with E-state index in [1.54, 1.807) is 0 Å². The number of amidine groups is 1. The average Bonchev–Trinajstić information content (AvgIpc) is 2.79. The van der Waals surface area contributed by atoms with Gasteiger partial charge in [-0.15, -0.1) is 0 Å². The van der Waals surface area contributed by atoms with Crippen LogP contribution in [-0.4, -0.2) is 52.6 Å². The summed E-state index contributed by atoms with van der Waals surface area (Å²) in [7, 11) is 3.93. The Balaban J connectivity index is 1.89. The second-order valence-corrected chi connectivity index (χ2v) is 7.35. The van der Waals surface area contributed by atoms with Crippen molar-refractivity contribution in [1.82, 2.24) is 4.90 Å². The molecule has 0 bridgehead atoms. The molecule has 1 aromatic rings. The minimum atomic E-state index is 0.243. The maximum absolute atomic E-state index is 5.85. The van der Waals surface area contributed by atoms with Gasteiger partial charge in [0.1, 0.15) is 0 Å². The zero-order valence-electron chi connectivity index (χ0n) is 10.5. The van der Waals surface area contributed by atoms with E-state index < -0.39 is 0 Å². The van der Waals surface area contributed by atoms with Crippen LogP contribution in [-0.2, 0) is 4.74 Å². The Labute approximate surface area is 109 Å². The summed E-state index contributed by atoms with van der Waals surface area (Å²) in [5.74, 6) is 0. The predicted molar refractivity (Wildman–Crippen MR) is 72.1 cm³/mol. The molecule has 0 amide bonds. The molecule has 0 saturated carbocycles. The summed E-state index contributed by atoms with van der Waals surface area (Å²) in [6, 6.07) is 11.4. The van der Waals surface area contributed by atoms with Gasteiger partial charge in [-0.05, 0) is 0 Å².